The average Bonchev–Trinajstić information content (AvgIpc) is 2.48. The molecule has 0 aliphatic carbocycles. The molecule has 24 heavy (non-hydrogen) atoms. The summed E-state index contributed by atoms with van der Waals surface area (Å²) in [5.74, 6) is 0. The first-order chi connectivity index (χ1) is 10.9. The van der Waals surface area contributed by atoms with Crippen molar-refractivity contribution in [1.29, 1.82) is 0 Å². The van der Waals surface area contributed by atoms with Crippen LogP contribution in [0, 0.1) is 6.92 Å². The molecule has 1 aromatic carbocycles. The van der Waals surface area contributed by atoms with Gasteiger partial charge in [0.05, 0.1) is 4.90 Å². The summed E-state index contributed by atoms with van der Waals surface area (Å²) in [4.78, 5) is 0.0179. The van der Waals surface area contributed by atoms with Crippen molar-refractivity contribution in [1.82, 2.24) is 0 Å². The van der Waals surface area contributed by atoms with Gasteiger partial charge in [0, 0.05) is 0 Å². The van der Waals surface area contributed by atoms with Crippen LogP contribution >= 0.6 is 0 Å². The van der Waals surface area contributed by atoms with Crippen molar-refractivity contribution in [3.05, 3.63) is 29.3 Å². The number of unbranched alkanes of at least 4 members (excludes halogenated alkanes) is 9. The van der Waals surface area contributed by atoms with Crippen LogP contribution in [0.3, 0.4) is 0 Å². The molecule has 1 rings (SSSR count). The minimum absolute atomic E-state index is 0. The molecule has 0 bridgehead atoms. The third-order valence-electron chi connectivity index (χ3n) is 4.34. The normalized spacial score (nSPS) is 11.3. The van der Waals surface area contributed by atoms with Crippen molar-refractivity contribution in [2.75, 3.05) is 0 Å². The Balaban J connectivity index is 0.00000529. The van der Waals surface area contributed by atoms with Gasteiger partial charge < -0.3 is 0 Å². The SMILES string of the molecule is CCCCCCCCCCCCc1ccc(S(=O)(=O)O)c(C)c1.[NaH]. The summed E-state index contributed by atoms with van der Waals surface area (Å²) >= 11 is 0. The Labute approximate surface area is 170 Å². The van der Waals surface area contributed by atoms with Gasteiger partial charge >= 0.3 is 29.6 Å². The van der Waals surface area contributed by atoms with Crippen LogP contribution < -0.4 is 0 Å². The van der Waals surface area contributed by atoms with Crippen LogP contribution in [0.25, 0.3) is 0 Å². The van der Waals surface area contributed by atoms with Crippen molar-refractivity contribution in [3.63, 3.8) is 0 Å². The Hall–Kier alpha value is 0.130. The third-order valence-corrected chi connectivity index (χ3v) is 5.35. The fourth-order valence-corrected chi connectivity index (χ4v) is 3.68. The Bertz CT molecular complexity index is 556. The van der Waals surface area contributed by atoms with Crippen LogP contribution in [0.4, 0.5) is 0 Å². The molecule has 0 heterocycles. The number of benzene rings is 1. The standard InChI is InChI=1S/C19H32O3S.Na.H/c1-3-4-5-6-7-8-9-10-11-12-13-18-14-15-19(17(2)16-18)23(20,21)22;;/h14-16H,3-13H2,1-2H3,(H,20,21,22);;. The number of rotatable bonds is 12. The second-order valence-electron chi connectivity index (χ2n) is 6.51. The molecular weight excluding hydrogens is 331 g/mol. The van der Waals surface area contributed by atoms with Gasteiger partial charge in [-0.15, -0.1) is 0 Å². The van der Waals surface area contributed by atoms with Gasteiger partial charge in [-0.1, -0.05) is 76.8 Å². The van der Waals surface area contributed by atoms with Gasteiger partial charge in [-0.3, -0.25) is 4.55 Å². The molecule has 0 aliphatic rings. The van der Waals surface area contributed by atoms with Crippen molar-refractivity contribution in [3.8, 4) is 0 Å². The fraction of sp³-hybridized carbons (Fsp3) is 0.684. The Morgan fingerprint density at radius 2 is 1.38 bits per heavy atom. The average molecular weight is 365 g/mol. The molecule has 5 heteroatoms. The zero-order valence-electron chi connectivity index (χ0n) is 14.7. The van der Waals surface area contributed by atoms with Gasteiger partial charge in [-0.25, -0.2) is 0 Å². The van der Waals surface area contributed by atoms with Gasteiger partial charge in [0.1, 0.15) is 0 Å². The van der Waals surface area contributed by atoms with Gasteiger partial charge in [-0.2, -0.15) is 8.42 Å². The molecule has 0 radical (unpaired) electrons. The molecule has 0 aliphatic heterocycles. The van der Waals surface area contributed by atoms with E-state index in [0.29, 0.717) is 5.56 Å². The van der Waals surface area contributed by atoms with Crippen LogP contribution in [0.5, 0.6) is 0 Å². The Kier molecular flexibility index (Phi) is 13.4. The van der Waals surface area contributed by atoms with E-state index in [2.05, 4.69) is 6.92 Å². The molecule has 1 N–H and O–H groups in total. The Morgan fingerprint density at radius 1 is 0.875 bits per heavy atom. The van der Waals surface area contributed by atoms with E-state index in [1.54, 1.807) is 6.92 Å². The summed E-state index contributed by atoms with van der Waals surface area (Å²) in [7, 11) is -4.09. The molecule has 1 aromatic rings. The van der Waals surface area contributed by atoms with E-state index in [9.17, 15) is 8.42 Å². The summed E-state index contributed by atoms with van der Waals surface area (Å²) in [5, 5.41) is 0. The summed E-state index contributed by atoms with van der Waals surface area (Å²) in [6.07, 6.45) is 14.1. The molecule has 0 unspecified atom stereocenters. The molecule has 0 amide bonds. The first-order valence-corrected chi connectivity index (χ1v) is 10.5. The van der Waals surface area contributed by atoms with E-state index in [-0.39, 0.29) is 34.5 Å². The predicted molar refractivity (Wildman–Crippen MR) is 104 cm³/mol. The van der Waals surface area contributed by atoms with Crippen LogP contribution in [0.1, 0.15) is 82.3 Å². The maximum atomic E-state index is 11.2. The molecule has 0 atom stereocenters. The maximum absolute atomic E-state index is 11.2. The van der Waals surface area contributed by atoms with Crippen LogP contribution in [-0.2, 0) is 16.5 Å². The van der Waals surface area contributed by atoms with E-state index in [1.807, 2.05) is 12.1 Å². The molecule has 0 aromatic heterocycles. The number of hydrogen-bond donors (Lipinski definition) is 1. The van der Waals surface area contributed by atoms with Gasteiger partial charge in [0.15, 0.2) is 0 Å². The zero-order valence-corrected chi connectivity index (χ0v) is 15.5. The Morgan fingerprint density at radius 3 is 1.83 bits per heavy atom. The van der Waals surface area contributed by atoms with Gasteiger partial charge in [-0.05, 0) is 37.0 Å². The predicted octanol–water partition coefficient (Wildman–Crippen LogP) is 5.06. The summed E-state index contributed by atoms with van der Waals surface area (Å²) < 4.78 is 31.4. The van der Waals surface area contributed by atoms with Crippen molar-refractivity contribution in [2.45, 2.75) is 89.4 Å². The quantitative estimate of drug-likeness (QED) is 0.320. The zero-order chi connectivity index (χ0) is 17.1. The monoisotopic (exact) mass is 364 g/mol. The first-order valence-electron chi connectivity index (χ1n) is 9.02. The fourth-order valence-electron chi connectivity index (χ4n) is 2.97. The van der Waals surface area contributed by atoms with E-state index in [4.69, 9.17) is 4.55 Å². The van der Waals surface area contributed by atoms with Gasteiger partial charge in [0.25, 0.3) is 10.1 Å². The molecule has 0 fully saturated rings. The van der Waals surface area contributed by atoms with E-state index >= 15 is 0 Å². The molecule has 134 valence electrons. The first kappa shape index (κ1) is 24.1. The second kappa shape index (κ2) is 13.3. The minimum atomic E-state index is -4.09. The van der Waals surface area contributed by atoms with E-state index in [0.717, 1.165) is 18.4 Å². The van der Waals surface area contributed by atoms with Crippen LogP contribution in [-0.4, -0.2) is 42.5 Å². The van der Waals surface area contributed by atoms with Crippen LogP contribution in [0.15, 0.2) is 23.1 Å². The summed E-state index contributed by atoms with van der Waals surface area (Å²) in [6.45, 7) is 3.98. The second-order valence-corrected chi connectivity index (χ2v) is 7.90. The molecular formula is C19H33NaO3S. The third kappa shape index (κ3) is 10.2. The van der Waals surface area contributed by atoms with E-state index < -0.39 is 10.1 Å². The molecule has 0 spiro atoms. The molecule has 0 saturated heterocycles. The summed E-state index contributed by atoms with van der Waals surface area (Å²) in [5.41, 5.74) is 1.77. The van der Waals surface area contributed by atoms with Crippen molar-refractivity contribution < 1.29 is 13.0 Å². The summed E-state index contributed by atoms with van der Waals surface area (Å²) in [6, 6.07) is 5.19. The number of hydrogen-bond acceptors (Lipinski definition) is 2. The van der Waals surface area contributed by atoms with Gasteiger partial charge in [0.2, 0.25) is 0 Å². The topological polar surface area (TPSA) is 54.4 Å². The molecule has 0 saturated carbocycles. The van der Waals surface area contributed by atoms with Crippen LogP contribution in [0.2, 0.25) is 0 Å². The number of aryl methyl sites for hydroxylation is 2. The molecule has 3 nitrogen and oxygen atoms in total. The van der Waals surface area contributed by atoms with Crippen molar-refractivity contribution >= 4 is 39.7 Å². The van der Waals surface area contributed by atoms with E-state index in [1.165, 1.54) is 63.9 Å². The van der Waals surface area contributed by atoms with Crippen molar-refractivity contribution in [2.24, 2.45) is 0 Å².